The molecule has 8 nitrogen and oxygen atoms in total. The van der Waals surface area contributed by atoms with E-state index in [1.807, 2.05) is 75.4 Å². The molecule has 4 aromatic rings. The number of ether oxygens (including phenoxy) is 1. The van der Waals surface area contributed by atoms with Gasteiger partial charge in [-0.15, -0.1) is 0 Å². The normalized spacial score (nSPS) is 12.0. The number of hydrogen-bond acceptors (Lipinski definition) is 5. The Morgan fingerprint density at radius 3 is 2.19 bits per heavy atom. The second-order valence-electron chi connectivity index (χ2n) is 11.7. The Kier molecular flexibility index (Phi) is 12.4. The minimum Gasteiger partial charge on any atom is -0.492 e. The van der Waals surface area contributed by atoms with Gasteiger partial charge in [0.25, 0.3) is 10.0 Å². The molecule has 248 valence electrons. The maximum absolute atomic E-state index is 14.7. The van der Waals surface area contributed by atoms with Crippen molar-refractivity contribution in [2.45, 2.75) is 51.6 Å². The van der Waals surface area contributed by atoms with E-state index in [0.29, 0.717) is 17.3 Å². The van der Waals surface area contributed by atoms with Gasteiger partial charge in [-0.05, 0) is 67.3 Å². The van der Waals surface area contributed by atoms with Gasteiger partial charge in [-0.2, -0.15) is 0 Å². The number of benzene rings is 4. The molecule has 0 saturated heterocycles. The van der Waals surface area contributed by atoms with Gasteiger partial charge in [0, 0.05) is 24.5 Å². The van der Waals surface area contributed by atoms with Crippen LogP contribution in [0.15, 0.2) is 108 Å². The maximum Gasteiger partial charge on any atom is 0.264 e. The van der Waals surface area contributed by atoms with Gasteiger partial charge in [0.15, 0.2) is 0 Å². The fourth-order valence-electron chi connectivity index (χ4n) is 5.17. The van der Waals surface area contributed by atoms with Crippen LogP contribution in [-0.2, 0) is 32.6 Å². The molecule has 0 aliphatic heterocycles. The van der Waals surface area contributed by atoms with Gasteiger partial charge in [0.2, 0.25) is 11.8 Å². The Hall–Kier alpha value is -4.34. The number of amides is 2. The van der Waals surface area contributed by atoms with Crippen molar-refractivity contribution in [2.75, 3.05) is 24.0 Å². The van der Waals surface area contributed by atoms with Gasteiger partial charge in [-0.1, -0.05) is 97.7 Å². The maximum atomic E-state index is 14.7. The number of sulfonamides is 1. The molecule has 0 aliphatic rings. The van der Waals surface area contributed by atoms with E-state index in [0.717, 1.165) is 21.0 Å². The molecule has 0 aliphatic carbocycles. The van der Waals surface area contributed by atoms with E-state index in [-0.39, 0.29) is 42.0 Å². The van der Waals surface area contributed by atoms with Crippen LogP contribution in [0.25, 0.3) is 0 Å². The fraction of sp³-hybridized carbons (Fsp3) is 0.297. The third kappa shape index (κ3) is 9.59. The van der Waals surface area contributed by atoms with Crippen molar-refractivity contribution in [3.8, 4) is 5.75 Å². The lowest BCUT2D eigenvalue weighted by molar-refractivity contribution is -0.140. The summed E-state index contributed by atoms with van der Waals surface area (Å²) in [5, 5.41) is 3.39. The van der Waals surface area contributed by atoms with Crippen molar-refractivity contribution in [1.29, 1.82) is 0 Å². The van der Waals surface area contributed by atoms with Crippen molar-refractivity contribution in [3.05, 3.63) is 125 Å². The van der Waals surface area contributed by atoms with Gasteiger partial charge < -0.3 is 15.0 Å². The molecule has 1 N–H and O–H groups in total. The summed E-state index contributed by atoms with van der Waals surface area (Å²) in [6.07, 6.45) is 0.238. The molecular formula is C37H42ClN3O5S. The SMILES string of the molecule is CCOc1ccccc1N(CC(=O)N(Cc1cccc(C)c1)[C@H](Cc1ccccc1)C(=O)NCC(C)C)S(=O)(=O)c1ccc(Cl)cc1. The molecule has 0 fully saturated rings. The van der Waals surface area contributed by atoms with E-state index in [2.05, 4.69) is 5.32 Å². The molecule has 0 radical (unpaired) electrons. The Balaban J connectivity index is 1.83. The van der Waals surface area contributed by atoms with E-state index in [4.69, 9.17) is 16.3 Å². The van der Waals surface area contributed by atoms with Crippen molar-refractivity contribution in [1.82, 2.24) is 10.2 Å². The quantitative estimate of drug-likeness (QED) is 0.152. The summed E-state index contributed by atoms with van der Waals surface area (Å²) in [5.74, 6) is -0.366. The van der Waals surface area contributed by atoms with E-state index in [1.165, 1.54) is 29.2 Å². The molecule has 1 atom stereocenters. The number of nitrogens with one attached hydrogen (secondary N) is 1. The Labute approximate surface area is 283 Å². The predicted octanol–water partition coefficient (Wildman–Crippen LogP) is 6.65. The summed E-state index contributed by atoms with van der Waals surface area (Å²) in [7, 11) is -4.30. The number of hydrogen-bond donors (Lipinski definition) is 1. The molecule has 0 bridgehead atoms. The van der Waals surface area contributed by atoms with E-state index in [9.17, 15) is 18.0 Å². The van der Waals surface area contributed by atoms with Crippen molar-refractivity contribution >= 4 is 39.1 Å². The van der Waals surface area contributed by atoms with Crippen LogP contribution in [0.5, 0.6) is 5.75 Å². The van der Waals surface area contributed by atoms with E-state index in [1.54, 1.807) is 31.2 Å². The zero-order chi connectivity index (χ0) is 34.0. The van der Waals surface area contributed by atoms with E-state index >= 15 is 0 Å². The first-order valence-corrected chi connectivity index (χ1v) is 17.5. The van der Waals surface area contributed by atoms with Crippen LogP contribution in [-0.4, -0.2) is 50.9 Å². The Morgan fingerprint density at radius 2 is 1.53 bits per heavy atom. The number of aryl methyl sites for hydroxylation is 1. The van der Waals surface area contributed by atoms with Crippen molar-refractivity contribution in [3.63, 3.8) is 0 Å². The van der Waals surface area contributed by atoms with Crippen LogP contribution in [0.4, 0.5) is 5.69 Å². The summed E-state index contributed by atoms with van der Waals surface area (Å²) < 4.78 is 35.5. The number of carbonyl (C=O) groups excluding carboxylic acids is 2. The van der Waals surface area contributed by atoms with E-state index < -0.39 is 28.5 Å². The molecule has 2 amide bonds. The average molecular weight is 676 g/mol. The first kappa shape index (κ1) is 35.5. The number of halogens is 1. The van der Waals surface area contributed by atoms with Gasteiger partial charge in [0.05, 0.1) is 17.2 Å². The molecule has 0 unspecified atom stereocenters. The van der Waals surface area contributed by atoms with Crippen LogP contribution in [0, 0.1) is 12.8 Å². The van der Waals surface area contributed by atoms with Gasteiger partial charge >= 0.3 is 0 Å². The molecule has 10 heteroatoms. The van der Waals surface area contributed by atoms with Crippen LogP contribution >= 0.6 is 11.6 Å². The first-order chi connectivity index (χ1) is 22.5. The molecule has 0 saturated carbocycles. The lowest BCUT2D eigenvalue weighted by atomic mass is 10.0. The first-order valence-electron chi connectivity index (χ1n) is 15.7. The third-order valence-corrected chi connectivity index (χ3v) is 9.53. The molecule has 0 spiro atoms. The highest BCUT2D eigenvalue weighted by Gasteiger charge is 2.35. The molecule has 4 aromatic carbocycles. The Bertz CT molecular complexity index is 1750. The molecule has 4 rings (SSSR count). The molecule has 0 aromatic heterocycles. The summed E-state index contributed by atoms with van der Waals surface area (Å²) in [4.78, 5) is 30.1. The Morgan fingerprint density at radius 1 is 0.872 bits per heavy atom. The number of carbonyl (C=O) groups is 2. The molecular weight excluding hydrogens is 634 g/mol. The summed E-state index contributed by atoms with van der Waals surface area (Å²) in [5.41, 5.74) is 2.88. The van der Waals surface area contributed by atoms with Crippen molar-refractivity contribution in [2.24, 2.45) is 5.92 Å². The highest BCUT2D eigenvalue weighted by atomic mass is 35.5. The van der Waals surface area contributed by atoms with Gasteiger partial charge in [-0.25, -0.2) is 8.42 Å². The second-order valence-corrected chi connectivity index (χ2v) is 14.0. The van der Waals surface area contributed by atoms with Gasteiger partial charge in [0.1, 0.15) is 18.3 Å². The van der Waals surface area contributed by atoms with Crippen molar-refractivity contribution < 1.29 is 22.7 Å². The smallest absolute Gasteiger partial charge is 0.264 e. The number of para-hydroxylation sites is 2. The molecule has 0 heterocycles. The number of nitrogens with zero attached hydrogens (tertiary/aromatic N) is 2. The third-order valence-electron chi connectivity index (χ3n) is 7.51. The average Bonchev–Trinajstić information content (AvgIpc) is 3.05. The minimum absolute atomic E-state index is 0.0400. The minimum atomic E-state index is -4.30. The lowest BCUT2D eigenvalue weighted by Gasteiger charge is -2.34. The lowest BCUT2D eigenvalue weighted by Crippen LogP contribution is -2.53. The number of anilines is 1. The van der Waals surface area contributed by atoms with Crippen LogP contribution in [0.3, 0.4) is 0 Å². The highest BCUT2D eigenvalue weighted by molar-refractivity contribution is 7.92. The fourth-order valence-corrected chi connectivity index (χ4v) is 6.72. The zero-order valence-corrected chi connectivity index (χ0v) is 28.8. The standard InChI is InChI=1S/C37H42ClN3O5S/c1-5-46-35-17-10-9-16-33(35)41(47(44,45)32-20-18-31(38)19-21-32)26-36(42)40(25-30-15-11-12-28(4)22-30)34(37(43)39-24-27(2)3)23-29-13-7-6-8-14-29/h6-22,27,34H,5,23-26H2,1-4H3,(H,39,43)/t34-/m1/s1. The summed E-state index contributed by atoms with van der Waals surface area (Å²) in [6.45, 7) is 7.97. The number of rotatable bonds is 15. The van der Waals surface area contributed by atoms with Crippen LogP contribution in [0.2, 0.25) is 5.02 Å². The van der Waals surface area contributed by atoms with Gasteiger partial charge in [-0.3, -0.25) is 13.9 Å². The largest absolute Gasteiger partial charge is 0.492 e. The summed E-state index contributed by atoms with van der Waals surface area (Å²) >= 11 is 6.09. The topological polar surface area (TPSA) is 96.0 Å². The summed E-state index contributed by atoms with van der Waals surface area (Å²) in [6, 6.07) is 28.7. The molecule has 47 heavy (non-hydrogen) atoms. The van der Waals surface area contributed by atoms with Crippen LogP contribution < -0.4 is 14.4 Å². The highest BCUT2D eigenvalue weighted by Crippen LogP contribution is 2.33. The second kappa shape index (κ2) is 16.5. The monoisotopic (exact) mass is 675 g/mol. The zero-order valence-electron chi connectivity index (χ0n) is 27.2. The predicted molar refractivity (Wildman–Crippen MR) is 187 cm³/mol. The van der Waals surface area contributed by atoms with Crippen LogP contribution in [0.1, 0.15) is 37.5 Å².